The molecule has 0 aliphatic heterocycles. The van der Waals surface area contributed by atoms with E-state index >= 15 is 0 Å². The second kappa shape index (κ2) is 6.11. The van der Waals surface area contributed by atoms with E-state index in [1.54, 1.807) is 0 Å². The van der Waals surface area contributed by atoms with E-state index in [-0.39, 0.29) is 0 Å². The van der Waals surface area contributed by atoms with Gasteiger partial charge >= 0.3 is 0 Å². The molecule has 0 bridgehead atoms. The molecule has 0 aliphatic rings. The van der Waals surface area contributed by atoms with Gasteiger partial charge in [0.05, 0.1) is 0 Å². The number of hydrogen-bond acceptors (Lipinski definition) is 2. The smallest absolute Gasteiger partial charge is 0.0411 e. The van der Waals surface area contributed by atoms with Crippen molar-refractivity contribution in [2.24, 2.45) is 0 Å². The Hall–Kier alpha value is -0.570. The molecule has 0 heterocycles. The molecule has 0 radical (unpaired) electrons. The number of nitrogens with one attached hydrogen (secondary N) is 1. The van der Waals surface area contributed by atoms with Crippen LogP contribution in [0.2, 0.25) is 5.02 Å². The molecule has 1 aromatic carbocycles. The number of hydrogen-bond donors (Lipinski definition) is 1. The molecule has 0 atom stereocenters. The van der Waals surface area contributed by atoms with Gasteiger partial charge in [-0.15, -0.1) is 0 Å². The van der Waals surface area contributed by atoms with Gasteiger partial charge in [0.15, 0.2) is 0 Å². The summed E-state index contributed by atoms with van der Waals surface area (Å²) in [7, 11) is 4.09. The summed E-state index contributed by atoms with van der Waals surface area (Å²) in [6, 6.07) is 6.20. The van der Waals surface area contributed by atoms with Gasteiger partial charge in [-0.05, 0) is 44.3 Å². The lowest BCUT2D eigenvalue weighted by Gasteiger charge is -2.16. The van der Waals surface area contributed by atoms with Crippen LogP contribution >= 0.6 is 11.6 Å². The summed E-state index contributed by atoms with van der Waals surface area (Å²) in [5.74, 6) is 0. The summed E-state index contributed by atoms with van der Waals surface area (Å²) < 4.78 is 0. The van der Waals surface area contributed by atoms with Crippen LogP contribution in [0.4, 0.5) is 0 Å². The molecule has 1 aromatic rings. The van der Waals surface area contributed by atoms with E-state index in [4.69, 9.17) is 11.6 Å². The number of nitrogens with zero attached hydrogens (tertiary/aromatic N) is 1. The topological polar surface area (TPSA) is 15.3 Å². The van der Waals surface area contributed by atoms with Gasteiger partial charge in [0.25, 0.3) is 0 Å². The van der Waals surface area contributed by atoms with Crippen molar-refractivity contribution in [3.05, 3.63) is 34.3 Å². The summed E-state index contributed by atoms with van der Waals surface area (Å²) in [5, 5.41) is 3.97. The molecule has 0 spiro atoms. The fourth-order valence-electron chi connectivity index (χ4n) is 1.60. The largest absolute Gasteiger partial charge is 0.318 e. The Labute approximate surface area is 97.2 Å². The van der Waals surface area contributed by atoms with Crippen LogP contribution in [-0.4, -0.2) is 32.1 Å². The predicted octanol–water partition coefficient (Wildman–Crippen LogP) is 2.30. The Kier molecular flexibility index (Phi) is 5.09. The first-order valence-electron chi connectivity index (χ1n) is 5.21. The Balaban J connectivity index is 2.56. The minimum atomic E-state index is 0.826. The molecule has 2 nitrogen and oxygen atoms in total. The zero-order valence-corrected chi connectivity index (χ0v) is 10.4. The number of halogens is 1. The van der Waals surface area contributed by atoms with Crippen LogP contribution in [0.1, 0.15) is 11.1 Å². The van der Waals surface area contributed by atoms with Gasteiger partial charge in [-0.1, -0.05) is 17.7 Å². The molecule has 0 unspecified atom stereocenters. The monoisotopic (exact) mass is 226 g/mol. The fraction of sp³-hybridized carbons (Fsp3) is 0.500. The lowest BCUT2D eigenvalue weighted by Crippen LogP contribution is -2.26. The highest BCUT2D eigenvalue weighted by atomic mass is 35.5. The van der Waals surface area contributed by atoms with Crippen molar-refractivity contribution in [3.8, 4) is 0 Å². The molecular weight excluding hydrogens is 208 g/mol. The van der Waals surface area contributed by atoms with Crippen molar-refractivity contribution in [3.63, 3.8) is 0 Å². The third-order valence-electron chi connectivity index (χ3n) is 2.30. The van der Waals surface area contributed by atoms with Gasteiger partial charge < -0.3 is 10.2 Å². The van der Waals surface area contributed by atoms with Crippen LogP contribution in [0.15, 0.2) is 18.2 Å². The maximum Gasteiger partial charge on any atom is 0.0411 e. The third-order valence-corrected chi connectivity index (χ3v) is 2.52. The minimum Gasteiger partial charge on any atom is -0.318 e. The van der Waals surface area contributed by atoms with Crippen LogP contribution in [0, 0.1) is 6.92 Å². The van der Waals surface area contributed by atoms with Gasteiger partial charge in [0, 0.05) is 24.7 Å². The van der Waals surface area contributed by atoms with Gasteiger partial charge in [0.2, 0.25) is 0 Å². The van der Waals surface area contributed by atoms with E-state index < -0.39 is 0 Å². The molecule has 0 saturated carbocycles. The fourth-order valence-corrected chi connectivity index (χ4v) is 1.91. The molecule has 0 saturated heterocycles. The summed E-state index contributed by atoms with van der Waals surface area (Å²) in [5.41, 5.74) is 2.50. The first kappa shape index (κ1) is 12.5. The van der Waals surface area contributed by atoms with Crippen LogP contribution in [0.5, 0.6) is 0 Å². The van der Waals surface area contributed by atoms with Crippen LogP contribution < -0.4 is 5.32 Å². The Morgan fingerprint density at radius 2 is 2.07 bits per heavy atom. The Morgan fingerprint density at radius 3 is 2.67 bits per heavy atom. The average molecular weight is 227 g/mol. The van der Waals surface area contributed by atoms with Crippen LogP contribution in [-0.2, 0) is 6.54 Å². The highest BCUT2D eigenvalue weighted by molar-refractivity contribution is 6.30. The molecule has 1 rings (SSSR count). The van der Waals surface area contributed by atoms with Crippen molar-refractivity contribution in [2.45, 2.75) is 13.5 Å². The maximum absolute atomic E-state index is 6.01. The van der Waals surface area contributed by atoms with E-state index in [9.17, 15) is 0 Å². The lowest BCUT2D eigenvalue weighted by atomic mass is 10.1. The van der Waals surface area contributed by atoms with Crippen molar-refractivity contribution in [1.82, 2.24) is 10.2 Å². The first-order chi connectivity index (χ1) is 7.11. The Bertz CT molecular complexity index is 292. The molecule has 0 amide bonds. The quantitative estimate of drug-likeness (QED) is 0.829. The standard InChI is InChI=1S/C12H19ClN2/c1-10-6-11(8-12(13)7-10)9-15(3)5-4-14-2/h6-8,14H,4-5,9H2,1-3H3. The van der Waals surface area contributed by atoms with Crippen LogP contribution in [0.25, 0.3) is 0 Å². The van der Waals surface area contributed by atoms with Crippen LogP contribution in [0.3, 0.4) is 0 Å². The lowest BCUT2D eigenvalue weighted by molar-refractivity contribution is 0.328. The molecule has 15 heavy (non-hydrogen) atoms. The van der Waals surface area contributed by atoms with Gasteiger partial charge in [-0.3, -0.25) is 0 Å². The van der Waals surface area contributed by atoms with Gasteiger partial charge in [-0.2, -0.15) is 0 Å². The van der Waals surface area contributed by atoms with E-state index in [0.717, 1.165) is 24.7 Å². The molecule has 0 fully saturated rings. The summed E-state index contributed by atoms with van der Waals surface area (Å²) >= 11 is 6.01. The SMILES string of the molecule is CNCCN(C)Cc1cc(C)cc(Cl)c1. The zero-order valence-electron chi connectivity index (χ0n) is 9.68. The van der Waals surface area contributed by atoms with Crippen molar-refractivity contribution < 1.29 is 0 Å². The molecule has 0 aromatic heterocycles. The number of benzene rings is 1. The number of rotatable bonds is 5. The number of likely N-dealkylation sites (N-methyl/N-ethyl adjacent to an activating group) is 2. The zero-order chi connectivity index (χ0) is 11.3. The summed E-state index contributed by atoms with van der Waals surface area (Å²) in [6.45, 7) is 5.07. The first-order valence-corrected chi connectivity index (χ1v) is 5.59. The van der Waals surface area contributed by atoms with Gasteiger partial charge in [0.1, 0.15) is 0 Å². The third kappa shape index (κ3) is 4.65. The molecule has 0 aliphatic carbocycles. The minimum absolute atomic E-state index is 0.826. The second-order valence-corrected chi connectivity index (χ2v) is 4.41. The molecule has 84 valence electrons. The van der Waals surface area contributed by atoms with E-state index in [2.05, 4.69) is 30.3 Å². The highest BCUT2D eigenvalue weighted by Gasteiger charge is 2.01. The molecule has 1 N–H and O–H groups in total. The summed E-state index contributed by atoms with van der Waals surface area (Å²) in [6.07, 6.45) is 0. The second-order valence-electron chi connectivity index (χ2n) is 3.98. The predicted molar refractivity (Wildman–Crippen MR) is 66.4 cm³/mol. The Morgan fingerprint density at radius 1 is 1.33 bits per heavy atom. The average Bonchev–Trinajstić information content (AvgIpc) is 2.13. The van der Waals surface area contributed by atoms with E-state index in [0.29, 0.717) is 0 Å². The van der Waals surface area contributed by atoms with E-state index in [1.807, 2.05) is 19.2 Å². The maximum atomic E-state index is 6.01. The van der Waals surface area contributed by atoms with Gasteiger partial charge in [-0.25, -0.2) is 0 Å². The van der Waals surface area contributed by atoms with E-state index in [1.165, 1.54) is 11.1 Å². The van der Waals surface area contributed by atoms with Crippen molar-refractivity contribution in [2.75, 3.05) is 27.2 Å². The van der Waals surface area contributed by atoms with Crippen molar-refractivity contribution in [1.29, 1.82) is 0 Å². The highest BCUT2D eigenvalue weighted by Crippen LogP contribution is 2.15. The summed E-state index contributed by atoms with van der Waals surface area (Å²) in [4.78, 5) is 2.28. The van der Waals surface area contributed by atoms with Crippen molar-refractivity contribution >= 4 is 11.6 Å². The molecule has 3 heteroatoms. The normalized spacial score (nSPS) is 11.0. The number of aryl methyl sites for hydroxylation is 1. The molecular formula is C12H19ClN2.